The van der Waals surface area contributed by atoms with Crippen LogP contribution < -0.4 is 15.5 Å². The molecule has 0 saturated heterocycles. The molecule has 18 heavy (non-hydrogen) atoms. The SMILES string of the molecule is CNCCNc1cc(N(C)C(C)(C)C)nc(C)n1. The fourth-order valence-corrected chi connectivity index (χ4v) is 1.47. The molecule has 0 spiro atoms. The molecule has 1 aromatic heterocycles. The van der Waals surface area contributed by atoms with E-state index in [1.54, 1.807) is 0 Å². The lowest BCUT2D eigenvalue weighted by Crippen LogP contribution is -2.38. The lowest BCUT2D eigenvalue weighted by Gasteiger charge is -2.33. The molecule has 0 aliphatic heterocycles. The van der Waals surface area contributed by atoms with E-state index in [9.17, 15) is 0 Å². The van der Waals surface area contributed by atoms with Gasteiger partial charge < -0.3 is 15.5 Å². The van der Waals surface area contributed by atoms with E-state index in [0.717, 1.165) is 30.5 Å². The van der Waals surface area contributed by atoms with E-state index >= 15 is 0 Å². The summed E-state index contributed by atoms with van der Waals surface area (Å²) < 4.78 is 0. The highest BCUT2D eigenvalue weighted by Gasteiger charge is 2.19. The smallest absolute Gasteiger partial charge is 0.134 e. The Morgan fingerprint density at radius 3 is 2.44 bits per heavy atom. The van der Waals surface area contributed by atoms with Gasteiger partial charge in [-0.25, -0.2) is 9.97 Å². The normalized spacial score (nSPS) is 11.4. The lowest BCUT2D eigenvalue weighted by molar-refractivity contribution is 0.533. The third-order valence-corrected chi connectivity index (χ3v) is 2.86. The molecular weight excluding hydrogens is 226 g/mol. The van der Waals surface area contributed by atoms with Crippen molar-refractivity contribution in [1.82, 2.24) is 15.3 Å². The summed E-state index contributed by atoms with van der Waals surface area (Å²) in [6, 6.07) is 1.99. The first kappa shape index (κ1) is 14.7. The van der Waals surface area contributed by atoms with Crippen LogP contribution in [0.15, 0.2) is 6.07 Å². The molecule has 1 rings (SSSR count). The summed E-state index contributed by atoms with van der Waals surface area (Å²) in [7, 11) is 3.99. The molecule has 0 amide bonds. The van der Waals surface area contributed by atoms with Gasteiger partial charge in [-0.1, -0.05) is 0 Å². The molecule has 5 nitrogen and oxygen atoms in total. The van der Waals surface area contributed by atoms with Gasteiger partial charge in [0.1, 0.15) is 17.5 Å². The summed E-state index contributed by atoms with van der Waals surface area (Å²) in [5.41, 5.74) is 0.0447. The van der Waals surface area contributed by atoms with E-state index in [-0.39, 0.29) is 5.54 Å². The minimum atomic E-state index is 0.0447. The van der Waals surface area contributed by atoms with Crippen molar-refractivity contribution in [2.24, 2.45) is 0 Å². The minimum absolute atomic E-state index is 0.0447. The van der Waals surface area contributed by atoms with E-state index in [2.05, 4.69) is 53.3 Å². The second-order valence-corrected chi connectivity index (χ2v) is 5.42. The molecule has 0 saturated carbocycles. The third-order valence-electron chi connectivity index (χ3n) is 2.86. The highest BCUT2D eigenvalue weighted by Crippen LogP contribution is 2.21. The summed E-state index contributed by atoms with van der Waals surface area (Å²) in [5, 5.41) is 6.39. The Morgan fingerprint density at radius 2 is 1.89 bits per heavy atom. The van der Waals surface area contributed by atoms with Gasteiger partial charge in [0.2, 0.25) is 0 Å². The van der Waals surface area contributed by atoms with Crippen LogP contribution in [0.5, 0.6) is 0 Å². The Morgan fingerprint density at radius 1 is 1.22 bits per heavy atom. The zero-order valence-electron chi connectivity index (χ0n) is 12.3. The average molecular weight is 251 g/mol. The largest absolute Gasteiger partial charge is 0.369 e. The predicted molar refractivity (Wildman–Crippen MR) is 77.3 cm³/mol. The number of hydrogen-bond donors (Lipinski definition) is 2. The molecular formula is C13H25N5. The number of likely N-dealkylation sites (N-methyl/N-ethyl adjacent to an activating group) is 1. The molecule has 0 atom stereocenters. The van der Waals surface area contributed by atoms with Crippen LogP contribution in [0.25, 0.3) is 0 Å². The van der Waals surface area contributed by atoms with Crippen LogP contribution in [0, 0.1) is 6.92 Å². The summed E-state index contributed by atoms with van der Waals surface area (Å²) in [4.78, 5) is 11.0. The van der Waals surface area contributed by atoms with Gasteiger partial charge in [-0.3, -0.25) is 0 Å². The van der Waals surface area contributed by atoms with Crippen molar-refractivity contribution in [3.05, 3.63) is 11.9 Å². The Bertz CT molecular complexity index is 383. The van der Waals surface area contributed by atoms with Crippen molar-refractivity contribution in [3.8, 4) is 0 Å². The van der Waals surface area contributed by atoms with Crippen LogP contribution in [0.2, 0.25) is 0 Å². The fourth-order valence-electron chi connectivity index (χ4n) is 1.47. The van der Waals surface area contributed by atoms with Crippen LogP contribution in [0.3, 0.4) is 0 Å². The summed E-state index contributed by atoms with van der Waals surface area (Å²) >= 11 is 0. The van der Waals surface area contributed by atoms with Gasteiger partial charge in [-0.2, -0.15) is 0 Å². The van der Waals surface area contributed by atoms with Crippen molar-refractivity contribution in [3.63, 3.8) is 0 Å². The van der Waals surface area contributed by atoms with Gasteiger partial charge in [-0.05, 0) is 34.7 Å². The number of hydrogen-bond acceptors (Lipinski definition) is 5. The van der Waals surface area contributed by atoms with Gasteiger partial charge in [-0.15, -0.1) is 0 Å². The number of anilines is 2. The number of aryl methyl sites for hydroxylation is 1. The number of nitrogens with zero attached hydrogens (tertiary/aromatic N) is 3. The Hall–Kier alpha value is -1.36. The van der Waals surface area contributed by atoms with Crippen molar-refractivity contribution >= 4 is 11.6 Å². The van der Waals surface area contributed by atoms with Gasteiger partial charge in [0.05, 0.1) is 0 Å². The van der Waals surface area contributed by atoms with Crippen LogP contribution in [0.4, 0.5) is 11.6 Å². The van der Waals surface area contributed by atoms with E-state index in [0.29, 0.717) is 0 Å². The molecule has 102 valence electrons. The van der Waals surface area contributed by atoms with E-state index in [1.165, 1.54) is 0 Å². The maximum absolute atomic E-state index is 4.49. The zero-order valence-corrected chi connectivity index (χ0v) is 12.3. The van der Waals surface area contributed by atoms with Crippen molar-refractivity contribution in [2.45, 2.75) is 33.2 Å². The molecule has 0 aliphatic rings. The Balaban J connectivity index is 2.87. The monoisotopic (exact) mass is 251 g/mol. The number of rotatable bonds is 5. The van der Waals surface area contributed by atoms with Gasteiger partial charge >= 0.3 is 0 Å². The predicted octanol–water partition coefficient (Wildman–Crippen LogP) is 1.65. The van der Waals surface area contributed by atoms with Crippen molar-refractivity contribution in [2.75, 3.05) is 37.4 Å². The molecule has 0 aliphatic carbocycles. The second kappa shape index (κ2) is 6.00. The van der Waals surface area contributed by atoms with Crippen LogP contribution in [0.1, 0.15) is 26.6 Å². The molecule has 1 aromatic rings. The van der Waals surface area contributed by atoms with E-state index in [1.807, 2.05) is 20.0 Å². The minimum Gasteiger partial charge on any atom is -0.369 e. The molecule has 0 unspecified atom stereocenters. The quantitative estimate of drug-likeness (QED) is 0.779. The number of nitrogens with one attached hydrogen (secondary N) is 2. The van der Waals surface area contributed by atoms with E-state index < -0.39 is 0 Å². The summed E-state index contributed by atoms with van der Waals surface area (Å²) in [6.07, 6.45) is 0. The first-order valence-corrected chi connectivity index (χ1v) is 6.32. The highest BCUT2D eigenvalue weighted by atomic mass is 15.2. The first-order chi connectivity index (χ1) is 8.34. The fraction of sp³-hybridized carbons (Fsp3) is 0.692. The average Bonchev–Trinajstić information content (AvgIpc) is 2.26. The van der Waals surface area contributed by atoms with Gasteiger partial charge in [0.25, 0.3) is 0 Å². The first-order valence-electron chi connectivity index (χ1n) is 6.32. The standard InChI is InChI=1S/C13H25N5/c1-10-16-11(15-8-7-14-5)9-12(17-10)18(6)13(2,3)4/h9,14H,7-8H2,1-6H3,(H,15,16,17). The second-order valence-electron chi connectivity index (χ2n) is 5.42. The molecule has 2 N–H and O–H groups in total. The molecule has 0 fully saturated rings. The molecule has 0 radical (unpaired) electrons. The molecule has 0 aromatic carbocycles. The van der Waals surface area contributed by atoms with Gasteiger partial charge in [0, 0.05) is 31.7 Å². The molecule has 5 heteroatoms. The summed E-state index contributed by atoms with van der Waals surface area (Å²) in [5.74, 6) is 2.61. The van der Waals surface area contributed by atoms with Gasteiger partial charge in [0.15, 0.2) is 0 Å². The Labute approximate surface area is 110 Å². The van der Waals surface area contributed by atoms with Crippen LogP contribution >= 0.6 is 0 Å². The zero-order chi connectivity index (χ0) is 13.8. The molecule has 1 heterocycles. The maximum atomic E-state index is 4.49. The Kier molecular flexibility index (Phi) is 4.90. The van der Waals surface area contributed by atoms with Crippen LogP contribution in [-0.4, -0.2) is 42.7 Å². The molecule has 0 bridgehead atoms. The summed E-state index contributed by atoms with van der Waals surface area (Å²) in [6.45, 7) is 10.2. The van der Waals surface area contributed by atoms with Crippen LogP contribution in [-0.2, 0) is 0 Å². The highest BCUT2D eigenvalue weighted by molar-refractivity contribution is 5.50. The number of aromatic nitrogens is 2. The lowest BCUT2D eigenvalue weighted by atomic mass is 10.1. The third kappa shape index (κ3) is 4.14. The van der Waals surface area contributed by atoms with Crippen molar-refractivity contribution in [1.29, 1.82) is 0 Å². The van der Waals surface area contributed by atoms with E-state index in [4.69, 9.17) is 0 Å². The maximum Gasteiger partial charge on any atom is 0.134 e. The topological polar surface area (TPSA) is 53.1 Å². The van der Waals surface area contributed by atoms with Crippen molar-refractivity contribution < 1.29 is 0 Å².